The van der Waals surface area contributed by atoms with Gasteiger partial charge in [-0.25, -0.2) is 9.59 Å². The number of nitrogens with one attached hydrogen (secondary N) is 3. The summed E-state index contributed by atoms with van der Waals surface area (Å²) in [5.74, 6) is -0.524. The summed E-state index contributed by atoms with van der Waals surface area (Å²) in [6, 6.07) is 13.6. The molecule has 33 heavy (non-hydrogen) atoms. The van der Waals surface area contributed by atoms with Gasteiger partial charge in [-0.15, -0.1) is 4.99 Å². The van der Waals surface area contributed by atoms with E-state index in [1.807, 2.05) is 13.0 Å². The van der Waals surface area contributed by atoms with Crippen molar-refractivity contribution in [3.05, 3.63) is 48.5 Å². The maximum atomic E-state index is 13.0. The van der Waals surface area contributed by atoms with Crippen LogP contribution in [-0.2, 0) is 25.4 Å². The van der Waals surface area contributed by atoms with Gasteiger partial charge in [-0.2, -0.15) is 0 Å². The maximum absolute atomic E-state index is 13.0. The van der Waals surface area contributed by atoms with Crippen LogP contribution in [-0.4, -0.2) is 42.8 Å². The first-order chi connectivity index (χ1) is 15.9. The standard InChI is InChI=1S/C22H26N4O6S/c1-4-5-11-19(27)23-18-14-16(33(30)15-9-7-6-8-10-15)12-13-17(18)24-20(25-21(28)31-2)26-22(29)32-3/h6-10,12-14H,4-5,11H2,1-3H3,(H,23,27)(H2,24,25,26,28,29). The predicted octanol–water partition coefficient (Wildman–Crippen LogP) is 3.87. The number of ether oxygens (including phenoxy) is 2. The third kappa shape index (κ3) is 8.13. The molecule has 0 spiro atoms. The number of nitrogens with zero attached hydrogens (tertiary/aromatic N) is 1. The molecule has 0 aromatic heterocycles. The molecule has 3 amide bonds. The fraction of sp³-hybridized carbons (Fsp3) is 0.273. The lowest BCUT2D eigenvalue weighted by atomic mass is 10.2. The predicted molar refractivity (Wildman–Crippen MR) is 125 cm³/mol. The third-order valence-electron chi connectivity index (χ3n) is 4.23. The van der Waals surface area contributed by atoms with Gasteiger partial charge in [0, 0.05) is 23.7 Å². The zero-order chi connectivity index (χ0) is 24.2. The largest absolute Gasteiger partial charge is 0.606 e. The summed E-state index contributed by atoms with van der Waals surface area (Å²) in [7, 11) is 2.28. The minimum Gasteiger partial charge on any atom is -0.606 e. The van der Waals surface area contributed by atoms with E-state index in [0.717, 1.165) is 20.6 Å². The van der Waals surface area contributed by atoms with Crippen LogP contribution < -0.4 is 16.0 Å². The van der Waals surface area contributed by atoms with Crippen molar-refractivity contribution >= 4 is 46.6 Å². The number of unbranched alkanes of at least 4 members (excludes halogenated alkanes) is 1. The average Bonchev–Trinajstić information content (AvgIpc) is 2.83. The Labute approximate surface area is 194 Å². The summed E-state index contributed by atoms with van der Waals surface area (Å²) in [5, 5.41) is 7.81. The number of hydrogen-bond acceptors (Lipinski definition) is 6. The molecule has 0 bridgehead atoms. The van der Waals surface area contributed by atoms with Crippen molar-refractivity contribution in [2.75, 3.05) is 24.9 Å². The third-order valence-corrected chi connectivity index (χ3v) is 5.61. The zero-order valence-electron chi connectivity index (χ0n) is 18.5. The van der Waals surface area contributed by atoms with Gasteiger partial charge in [0.15, 0.2) is 9.79 Å². The van der Waals surface area contributed by atoms with Gasteiger partial charge in [0.1, 0.15) is 0 Å². The molecule has 2 aromatic rings. The molecule has 11 heteroatoms. The van der Waals surface area contributed by atoms with Crippen LogP contribution in [0.3, 0.4) is 0 Å². The molecule has 0 saturated heterocycles. The first kappa shape index (κ1) is 25.7. The molecular formula is C22H26N4O6S. The van der Waals surface area contributed by atoms with E-state index < -0.39 is 23.4 Å². The van der Waals surface area contributed by atoms with Gasteiger partial charge in [-0.05, 0) is 30.7 Å². The Kier molecular flexibility index (Phi) is 10.2. The van der Waals surface area contributed by atoms with Gasteiger partial charge in [0.05, 0.1) is 25.6 Å². The van der Waals surface area contributed by atoms with Crippen LogP contribution in [0.5, 0.6) is 0 Å². The summed E-state index contributed by atoms with van der Waals surface area (Å²) >= 11 is -1.49. The van der Waals surface area contributed by atoms with Crippen molar-refractivity contribution in [1.29, 1.82) is 0 Å². The summed E-state index contributed by atoms with van der Waals surface area (Å²) in [6.07, 6.45) is -0.00534. The second kappa shape index (κ2) is 13.1. The first-order valence-corrected chi connectivity index (χ1v) is 11.2. The van der Waals surface area contributed by atoms with Crippen LogP contribution in [0.15, 0.2) is 63.3 Å². The molecule has 176 valence electrons. The SMILES string of the molecule is CCCCC(=O)Nc1cc([S+]([O-])c2ccccc2)ccc1NC(=NC(=O)OC)NC(=O)OC. The van der Waals surface area contributed by atoms with E-state index in [2.05, 4.69) is 30.4 Å². The number of carbonyl (C=O) groups is 3. The van der Waals surface area contributed by atoms with Gasteiger partial charge in [0.2, 0.25) is 11.9 Å². The molecule has 2 rings (SSSR count). The molecule has 3 N–H and O–H groups in total. The Balaban J connectivity index is 2.41. The number of benzene rings is 2. The van der Waals surface area contributed by atoms with E-state index in [0.29, 0.717) is 34.0 Å². The Morgan fingerprint density at radius 3 is 2.33 bits per heavy atom. The Morgan fingerprint density at radius 2 is 1.70 bits per heavy atom. The molecule has 0 aliphatic heterocycles. The van der Waals surface area contributed by atoms with Gasteiger partial charge in [-0.3, -0.25) is 10.1 Å². The molecule has 1 unspecified atom stereocenters. The van der Waals surface area contributed by atoms with Crippen LogP contribution in [0.2, 0.25) is 0 Å². The Bertz CT molecular complexity index is 1000. The van der Waals surface area contributed by atoms with Crippen molar-refractivity contribution in [2.24, 2.45) is 4.99 Å². The minimum atomic E-state index is -1.49. The first-order valence-electron chi connectivity index (χ1n) is 10.1. The topological polar surface area (TPSA) is 141 Å². The molecule has 0 saturated carbocycles. The van der Waals surface area contributed by atoms with Crippen molar-refractivity contribution in [3.8, 4) is 0 Å². The number of guanidine groups is 1. The van der Waals surface area contributed by atoms with Crippen LogP contribution in [0, 0.1) is 0 Å². The lowest BCUT2D eigenvalue weighted by Gasteiger charge is -2.17. The highest BCUT2D eigenvalue weighted by molar-refractivity contribution is 7.91. The Hall–Kier alpha value is -3.57. The van der Waals surface area contributed by atoms with Crippen LogP contribution >= 0.6 is 0 Å². The number of methoxy groups -OCH3 is 2. The van der Waals surface area contributed by atoms with E-state index in [-0.39, 0.29) is 11.9 Å². The minimum absolute atomic E-state index is 0.241. The van der Waals surface area contributed by atoms with Gasteiger partial charge in [-0.1, -0.05) is 31.5 Å². The highest BCUT2D eigenvalue weighted by atomic mass is 32.2. The molecule has 1 atom stereocenters. The van der Waals surface area contributed by atoms with Crippen molar-refractivity contribution in [2.45, 2.75) is 36.0 Å². The molecule has 0 fully saturated rings. The second-order valence-electron chi connectivity index (χ2n) is 6.61. The second-order valence-corrected chi connectivity index (χ2v) is 8.09. The number of aliphatic imine (C=N–C) groups is 1. The van der Waals surface area contributed by atoms with E-state index in [9.17, 15) is 18.9 Å². The number of carbonyl (C=O) groups excluding carboxylic acids is 3. The van der Waals surface area contributed by atoms with E-state index in [1.54, 1.807) is 42.5 Å². The monoisotopic (exact) mass is 474 g/mol. The smallest absolute Gasteiger partial charge is 0.436 e. The highest BCUT2D eigenvalue weighted by Crippen LogP contribution is 2.29. The van der Waals surface area contributed by atoms with Gasteiger partial charge >= 0.3 is 12.2 Å². The lowest BCUT2D eigenvalue weighted by Crippen LogP contribution is -2.36. The summed E-state index contributed by atoms with van der Waals surface area (Å²) < 4.78 is 22.0. The number of hydrogen-bond donors (Lipinski definition) is 3. The molecular weight excluding hydrogens is 448 g/mol. The van der Waals surface area contributed by atoms with E-state index in [1.165, 1.54) is 0 Å². The van der Waals surface area contributed by atoms with E-state index in [4.69, 9.17) is 0 Å². The molecule has 0 aliphatic rings. The fourth-order valence-electron chi connectivity index (χ4n) is 2.58. The van der Waals surface area contributed by atoms with Gasteiger partial charge < -0.3 is 24.7 Å². The van der Waals surface area contributed by atoms with Crippen LogP contribution in [0.25, 0.3) is 0 Å². The number of amides is 3. The molecule has 0 aliphatic carbocycles. The average molecular weight is 475 g/mol. The van der Waals surface area contributed by atoms with Gasteiger partial charge in [0.25, 0.3) is 0 Å². The zero-order valence-corrected chi connectivity index (χ0v) is 19.4. The van der Waals surface area contributed by atoms with Crippen LogP contribution in [0.4, 0.5) is 21.0 Å². The van der Waals surface area contributed by atoms with Crippen molar-refractivity contribution in [3.63, 3.8) is 0 Å². The molecule has 2 aromatic carbocycles. The molecule has 0 radical (unpaired) electrons. The van der Waals surface area contributed by atoms with Crippen LogP contribution in [0.1, 0.15) is 26.2 Å². The lowest BCUT2D eigenvalue weighted by molar-refractivity contribution is -0.116. The number of rotatable bonds is 7. The quantitative estimate of drug-likeness (QED) is 0.314. The molecule has 0 heterocycles. The number of anilines is 2. The highest BCUT2D eigenvalue weighted by Gasteiger charge is 2.19. The van der Waals surface area contributed by atoms with Crippen molar-refractivity contribution < 1.29 is 28.4 Å². The number of alkyl carbamates (subject to hydrolysis) is 1. The maximum Gasteiger partial charge on any atom is 0.436 e. The van der Waals surface area contributed by atoms with E-state index >= 15 is 0 Å². The summed E-state index contributed by atoms with van der Waals surface area (Å²) in [5.41, 5.74) is 0.592. The summed E-state index contributed by atoms with van der Waals surface area (Å²) in [6.45, 7) is 1.97. The molecule has 10 nitrogen and oxygen atoms in total. The normalized spacial score (nSPS) is 11.8. The fourth-order valence-corrected chi connectivity index (χ4v) is 3.67. The Morgan fingerprint density at radius 1 is 0.970 bits per heavy atom. The van der Waals surface area contributed by atoms with Crippen molar-refractivity contribution in [1.82, 2.24) is 5.32 Å². The summed E-state index contributed by atoms with van der Waals surface area (Å²) in [4.78, 5) is 40.3.